The average Bonchev–Trinajstić information content (AvgIpc) is 3.13. The van der Waals surface area contributed by atoms with E-state index in [9.17, 15) is 9.59 Å². The van der Waals surface area contributed by atoms with E-state index in [0.717, 1.165) is 25.9 Å². The van der Waals surface area contributed by atoms with Gasteiger partial charge in [-0.2, -0.15) is 0 Å². The summed E-state index contributed by atoms with van der Waals surface area (Å²) in [5.74, 6) is 0.642. The SMILES string of the molecule is Cl.O=C(CCC1CCNC1)N1CCN(C(=O)c2c(Cl)cccc2Cl)CC1. The van der Waals surface area contributed by atoms with Crippen LogP contribution in [0.15, 0.2) is 18.2 Å². The minimum absolute atomic E-state index is 0. The van der Waals surface area contributed by atoms with E-state index in [1.165, 1.54) is 0 Å². The minimum atomic E-state index is -0.167. The quantitative estimate of drug-likeness (QED) is 0.814. The van der Waals surface area contributed by atoms with Gasteiger partial charge in [-0.05, 0) is 44.0 Å². The van der Waals surface area contributed by atoms with Crippen molar-refractivity contribution in [3.63, 3.8) is 0 Å². The fraction of sp³-hybridized carbons (Fsp3) is 0.556. The second-order valence-corrected chi connectivity index (χ2v) is 7.48. The third kappa shape index (κ3) is 5.03. The molecule has 2 aliphatic rings. The van der Waals surface area contributed by atoms with Gasteiger partial charge in [-0.1, -0.05) is 29.3 Å². The maximum absolute atomic E-state index is 12.7. The number of benzene rings is 1. The van der Waals surface area contributed by atoms with Gasteiger partial charge >= 0.3 is 0 Å². The normalized spacial score (nSPS) is 20.0. The summed E-state index contributed by atoms with van der Waals surface area (Å²) < 4.78 is 0. The van der Waals surface area contributed by atoms with Gasteiger partial charge in [0.15, 0.2) is 0 Å². The van der Waals surface area contributed by atoms with Crippen molar-refractivity contribution in [3.05, 3.63) is 33.8 Å². The van der Waals surface area contributed by atoms with Crippen LogP contribution in [-0.2, 0) is 4.79 Å². The molecule has 1 aromatic rings. The number of carbonyl (C=O) groups excluding carboxylic acids is 2. The van der Waals surface area contributed by atoms with Crippen LogP contribution in [0.25, 0.3) is 0 Å². The van der Waals surface area contributed by atoms with E-state index >= 15 is 0 Å². The Kier molecular flexibility index (Phi) is 8.02. The van der Waals surface area contributed by atoms with Gasteiger partial charge in [0.25, 0.3) is 5.91 Å². The first-order valence-corrected chi connectivity index (χ1v) is 9.53. The Morgan fingerprint density at radius 2 is 1.69 bits per heavy atom. The number of piperazine rings is 1. The first-order valence-electron chi connectivity index (χ1n) is 8.78. The Bertz CT molecular complexity index is 622. The molecule has 144 valence electrons. The predicted octanol–water partition coefficient (Wildman–Crippen LogP) is 3.09. The molecule has 0 aliphatic carbocycles. The van der Waals surface area contributed by atoms with Crippen molar-refractivity contribution in [3.8, 4) is 0 Å². The zero-order valence-corrected chi connectivity index (χ0v) is 16.9. The number of nitrogens with zero attached hydrogens (tertiary/aromatic N) is 2. The van der Waals surface area contributed by atoms with Gasteiger partial charge in [0.1, 0.15) is 0 Å². The Balaban J connectivity index is 0.00000243. The third-order valence-corrected chi connectivity index (χ3v) is 5.65. The molecular formula is C18H24Cl3N3O2. The van der Waals surface area contributed by atoms with Gasteiger partial charge in [-0.3, -0.25) is 9.59 Å². The number of rotatable bonds is 4. The van der Waals surface area contributed by atoms with Gasteiger partial charge in [0.05, 0.1) is 15.6 Å². The second kappa shape index (κ2) is 9.79. The average molecular weight is 421 g/mol. The fourth-order valence-corrected chi connectivity index (χ4v) is 4.02. The largest absolute Gasteiger partial charge is 0.339 e. The van der Waals surface area contributed by atoms with Crippen LogP contribution < -0.4 is 5.32 Å². The number of nitrogens with one attached hydrogen (secondary N) is 1. The fourth-order valence-electron chi connectivity index (χ4n) is 3.47. The molecule has 2 saturated heterocycles. The highest BCUT2D eigenvalue weighted by atomic mass is 35.5. The van der Waals surface area contributed by atoms with E-state index in [4.69, 9.17) is 23.2 Å². The molecule has 26 heavy (non-hydrogen) atoms. The number of halogens is 3. The van der Waals surface area contributed by atoms with Gasteiger partial charge < -0.3 is 15.1 Å². The van der Waals surface area contributed by atoms with Crippen LogP contribution in [0.1, 0.15) is 29.6 Å². The molecule has 0 aromatic heterocycles. The molecule has 2 fully saturated rings. The summed E-state index contributed by atoms with van der Waals surface area (Å²) in [5.41, 5.74) is 0.347. The molecule has 1 unspecified atom stereocenters. The molecule has 8 heteroatoms. The molecule has 0 radical (unpaired) electrons. The summed E-state index contributed by atoms with van der Waals surface area (Å²) in [6.07, 6.45) is 2.70. The molecule has 2 amide bonds. The van der Waals surface area contributed by atoms with E-state index in [1.54, 1.807) is 23.1 Å². The maximum Gasteiger partial charge on any atom is 0.257 e. The molecule has 5 nitrogen and oxygen atoms in total. The van der Waals surface area contributed by atoms with Crippen LogP contribution in [0, 0.1) is 5.92 Å². The Hall–Kier alpha value is -1.01. The lowest BCUT2D eigenvalue weighted by Gasteiger charge is -2.35. The number of hydrogen-bond acceptors (Lipinski definition) is 3. The van der Waals surface area contributed by atoms with Crippen LogP contribution in [0.2, 0.25) is 10.0 Å². The zero-order chi connectivity index (χ0) is 17.8. The van der Waals surface area contributed by atoms with Gasteiger partial charge in [0.2, 0.25) is 5.91 Å². The first-order chi connectivity index (χ1) is 12.1. The van der Waals surface area contributed by atoms with Crippen molar-refractivity contribution in [2.24, 2.45) is 5.92 Å². The monoisotopic (exact) mass is 419 g/mol. The highest BCUT2D eigenvalue weighted by molar-refractivity contribution is 6.39. The van der Waals surface area contributed by atoms with E-state index in [0.29, 0.717) is 54.1 Å². The van der Waals surface area contributed by atoms with Crippen LogP contribution in [0.4, 0.5) is 0 Å². The molecule has 0 spiro atoms. The van der Waals surface area contributed by atoms with E-state index in [2.05, 4.69) is 5.32 Å². The lowest BCUT2D eigenvalue weighted by Crippen LogP contribution is -2.50. The van der Waals surface area contributed by atoms with Crippen molar-refractivity contribution >= 4 is 47.4 Å². The van der Waals surface area contributed by atoms with E-state index < -0.39 is 0 Å². The standard InChI is InChI=1S/C18H23Cl2N3O2.ClH/c19-14-2-1-3-15(20)17(14)18(25)23-10-8-22(9-11-23)16(24)5-4-13-6-7-21-12-13;/h1-3,13,21H,4-12H2;1H. The lowest BCUT2D eigenvalue weighted by atomic mass is 10.0. The topological polar surface area (TPSA) is 52.7 Å². The number of amides is 2. The van der Waals surface area contributed by atoms with Crippen molar-refractivity contribution in [2.45, 2.75) is 19.3 Å². The lowest BCUT2D eigenvalue weighted by molar-refractivity contribution is -0.132. The van der Waals surface area contributed by atoms with Crippen LogP contribution in [0.5, 0.6) is 0 Å². The molecule has 1 aromatic carbocycles. The Morgan fingerprint density at radius 1 is 1.08 bits per heavy atom. The molecular weight excluding hydrogens is 397 g/mol. The first kappa shape index (κ1) is 21.3. The Labute approximate surface area is 170 Å². The molecule has 2 aliphatic heterocycles. The van der Waals surface area contributed by atoms with Gasteiger partial charge in [-0.15, -0.1) is 12.4 Å². The van der Waals surface area contributed by atoms with E-state index in [-0.39, 0.29) is 24.2 Å². The molecule has 2 heterocycles. The summed E-state index contributed by atoms with van der Waals surface area (Å²) in [6, 6.07) is 5.05. The van der Waals surface area contributed by atoms with Crippen molar-refractivity contribution in [1.82, 2.24) is 15.1 Å². The highest BCUT2D eigenvalue weighted by Gasteiger charge is 2.27. The maximum atomic E-state index is 12.7. The Morgan fingerprint density at radius 3 is 2.27 bits per heavy atom. The highest BCUT2D eigenvalue weighted by Crippen LogP contribution is 2.26. The molecule has 1 atom stereocenters. The van der Waals surface area contributed by atoms with Gasteiger partial charge in [0, 0.05) is 32.6 Å². The van der Waals surface area contributed by atoms with Crippen LogP contribution in [-0.4, -0.2) is 60.9 Å². The molecule has 0 saturated carbocycles. The summed E-state index contributed by atoms with van der Waals surface area (Å²) in [5, 5.41) is 4.05. The van der Waals surface area contributed by atoms with Crippen molar-refractivity contribution < 1.29 is 9.59 Å². The predicted molar refractivity (Wildman–Crippen MR) is 106 cm³/mol. The summed E-state index contributed by atoms with van der Waals surface area (Å²) in [4.78, 5) is 28.6. The summed E-state index contributed by atoms with van der Waals surface area (Å²) in [6.45, 7) is 4.23. The van der Waals surface area contributed by atoms with E-state index in [1.807, 2.05) is 4.90 Å². The zero-order valence-electron chi connectivity index (χ0n) is 14.5. The molecule has 0 bridgehead atoms. The number of hydrogen-bond donors (Lipinski definition) is 1. The van der Waals surface area contributed by atoms with Crippen molar-refractivity contribution in [2.75, 3.05) is 39.3 Å². The van der Waals surface area contributed by atoms with Crippen molar-refractivity contribution in [1.29, 1.82) is 0 Å². The smallest absolute Gasteiger partial charge is 0.257 e. The third-order valence-electron chi connectivity index (χ3n) is 5.03. The summed E-state index contributed by atoms with van der Waals surface area (Å²) in [7, 11) is 0. The van der Waals surface area contributed by atoms with Gasteiger partial charge in [-0.25, -0.2) is 0 Å². The van der Waals surface area contributed by atoms with Crippen LogP contribution in [0.3, 0.4) is 0 Å². The molecule has 3 rings (SSSR count). The second-order valence-electron chi connectivity index (χ2n) is 6.67. The molecule has 1 N–H and O–H groups in total. The number of carbonyl (C=O) groups is 2. The van der Waals surface area contributed by atoms with Crippen LogP contribution >= 0.6 is 35.6 Å². The minimum Gasteiger partial charge on any atom is -0.339 e. The summed E-state index contributed by atoms with van der Waals surface area (Å²) >= 11 is 12.2.